The third kappa shape index (κ3) is 11.7. The number of fused-ring (bicyclic) bond motifs is 10. The van der Waals surface area contributed by atoms with E-state index in [0.29, 0.717) is 62.4 Å². The molecule has 13 nitrogen and oxygen atoms in total. The second kappa shape index (κ2) is 23.9. The summed E-state index contributed by atoms with van der Waals surface area (Å²) in [4.78, 5) is 62.8. The Bertz CT molecular complexity index is 2210. The Balaban J connectivity index is 0.646. The van der Waals surface area contributed by atoms with Crippen molar-refractivity contribution >= 4 is 29.5 Å². The molecule has 75 heavy (non-hydrogen) atoms. The van der Waals surface area contributed by atoms with E-state index >= 15 is 0 Å². The molecule has 0 amide bonds. The van der Waals surface area contributed by atoms with Crippen molar-refractivity contribution in [3.05, 3.63) is 47.6 Å². The lowest BCUT2D eigenvalue weighted by Crippen LogP contribution is -2.61. The molecule has 0 saturated heterocycles. The van der Waals surface area contributed by atoms with Crippen LogP contribution in [0.5, 0.6) is 0 Å². The van der Waals surface area contributed by atoms with Gasteiger partial charge in [0.1, 0.15) is 12.2 Å². The number of aliphatic hydroxyl groups excluding tert-OH is 1. The molecule has 0 unspecified atom stereocenters. The number of hydrogen-bond donors (Lipinski definition) is 2. The maximum absolute atomic E-state index is 13.6. The first-order chi connectivity index (χ1) is 35.7. The van der Waals surface area contributed by atoms with Crippen molar-refractivity contribution in [1.29, 1.82) is 0 Å². The van der Waals surface area contributed by atoms with Crippen LogP contribution in [-0.2, 0) is 52.4 Å². The Kier molecular flexibility index (Phi) is 18.3. The zero-order valence-electron chi connectivity index (χ0n) is 46.7. The van der Waals surface area contributed by atoms with E-state index in [-0.39, 0.29) is 74.0 Å². The molecule has 0 aromatic carbocycles. The largest absolute Gasteiger partial charge is 0.463 e. The molecule has 0 aromatic rings. The average Bonchev–Trinajstić information content (AvgIpc) is 3.87. The van der Waals surface area contributed by atoms with Crippen LogP contribution >= 0.6 is 0 Å². The van der Waals surface area contributed by atoms with Crippen LogP contribution in [0.2, 0.25) is 0 Å². The highest BCUT2D eigenvalue weighted by Gasteiger charge is 2.68. The maximum atomic E-state index is 13.6. The number of esters is 3. The highest BCUT2D eigenvalue weighted by molar-refractivity contribution is 6.01. The van der Waals surface area contributed by atoms with Gasteiger partial charge in [0.05, 0.1) is 58.1 Å². The van der Waals surface area contributed by atoms with Crippen LogP contribution in [0.25, 0.3) is 0 Å². The van der Waals surface area contributed by atoms with Gasteiger partial charge in [-0.25, -0.2) is 4.79 Å². The molecule has 0 spiro atoms. The van der Waals surface area contributed by atoms with Crippen LogP contribution in [0.3, 0.4) is 0 Å². The number of ketones is 2. The fourth-order valence-electron chi connectivity index (χ4n) is 17.3. The van der Waals surface area contributed by atoms with Crippen LogP contribution in [0.15, 0.2) is 47.6 Å². The van der Waals surface area contributed by atoms with Crippen molar-refractivity contribution in [3.63, 3.8) is 0 Å². The molecule has 0 aromatic heterocycles. The Labute approximate surface area is 447 Å². The third-order valence-electron chi connectivity index (χ3n) is 21.6. The highest BCUT2D eigenvalue weighted by atomic mass is 16.6. The maximum Gasteiger partial charge on any atom is 0.344 e. The van der Waals surface area contributed by atoms with Gasteiger partial charge >= 0.3 is 17.9 Å². The van der Waals surface area contributed by atoms with E-state index < -0.39 is 59.4 Å². The molecule has 8 aliphatic carbocycles. The van der Waals surface area contributed by atoms with Gasteiger partial charge in [-0.05, 0) is 166 Å². The molecule has 2 N–H and O–H groups in total. The van der Waals surface area contributed by atoms with E-state index in [1.807, 2.05) is 13.0 Å². The van der Waals surface area contributed by atoms with Gasteiger partial charge in [0, 0.05) is 16.7 Å². The van der Waals surface area contributed by atoms with Gasteiger partial charge in [0.2, 0.25) is 5.78 Å². The highest BCUT2D eigenvalue weighted by Crippen LogP contribution is 2.69. The monoisotopic (exact) mass is 1040 g/mol. The minimum absolute atomic E-state index is 0.00817. The van der Waals surface area contributed by atoms with Crippen molar-refractivity contribution in [2.24, 2.45) is 80.8 Å². The summed E-state index contributed by atoms with van der Waals surface area (Å²) in [5.41, 5.74) is 0.145. The predicted octanol–water partition coefficient (Wildman–Crippen LogP) is 9.85. The molecular formula is C62H92O13. The van der Waals surface area contributed by atoms with Crippen LogP contribution < -0.4 is 0 Å². The van der Waals surface area contributed by atoms with E-state index in [9.17, 15) is 34.2 Å². The number of carbonyl (C=O) groups excluding carboxylic acids is 5. The van der Waals surface area contributed by atoms with Gasteiger partial charge in [0.15, 0.2) is 19.0 Å². The smallest absolute Gasteiger partial charge is 0.344 e. The molecular weight excluding hydrogens is 953 g/mol. The summed E-state index contributed by atoms with van der Waals surface area (Å²) < 4.78 is 33.0. The first-order valence-electron chi connectivity index (χ1n) is 29.2. The second-order valence-corrected chi connectivity index (χ2v) is 25.6. The van der Waals surface area contributed by atoms with Crippen LogP contribution in [0.1, 0.15) is 158 Å². The molecule has 0 radical (unpaired) electrons. The number of rotatable bonds is 23. The van der Waals surface area contributed by atoms with Crippen molar-refractivity contribution in [2.75, 3.05) is 52.9 Å². The molecule has 16 atom stereocenters. The first kappa shape index (κ1) is 57.7. The zero-order chi connectivity index (χ0) is 53.9. The second-order valence-electron chi connectivity index (χ2n) is 25.6. The van der Waals surface area contributed by atoms with Crippen LogP contribution in [-0.4, -0.2) is 110 Å². The summed E-state index contributed by atoms with van der Waals surface area (Å²) in [5.74, 6) is 1.94. The summed E-state index contributed by atoms with van der Waals surface area (Å²) >= 11 is 0. The fraction of sp³-hybridized carbons (Fsp3) is 0.790. The lowest BCUT2D eigenvalue weighted by Gasteiger charge is -2.59. The van der Waals surface area contributed by atoms with Crippen molar-refractivity contribution < 1.29 is 62.6 Å². The molecule has 6 saturated carbocycles. The molecule has 13 heteroatoms. The van der Waals surface area contributed by atoms with Gasteiger partial charge in [-0.2, -0.15) is 0 Å². The lowest BCUT2D eigenvalue weighted by atomic mass is 9.46. The first-order valence-corrected chi connectivity index (χ1v) is 29.2. The van der Waals surface area contributed by atoms with Gasteiger partial charge in [-0.15, -0.1) is 0 Å². The van der Waals surface area contributed by atoms with Crippen LogP contribution in [0.4, 0.5) is 0 Å². The predicted molar refractivity (Wildman–Crippen MR) is 284 cm³/mol. The molecule has 8 rings (SSSR count). The van der Waals surface area contributed by atoms with Crippen molar-refractivity contribution in [1.82, 2.24) is 0 Å². The molecule has 0 bridgehead atoms. The average molecular weight is 1050 g/mol. The van der Waals surface area contributed by atoms with Gasteiger partial charge in [-0.3, -0.25) is 19.2 Å². The normalized spacial score (nSPS) is 38.5. The minimum atomic E-state index is -1.82. The van der Waals surface area contributed by atoms with Gasteiger partial charge in [-0.1, -0.05) is 90.8 Å². The summed E-state index contributed by atoms with van der Waals surface area (Å²) in [5, 5.41) is 23.5. The quantitative estimate of drug-likeness (QED) is 0.0428. The summed E-state index contributed by atoms with van der Waals surface area (Å²) in [6, 6.07) is 0. The number of carbonyl (C=O) groups is 5. The van der Waals surface area contributed by atoms with E-state index in [1.165, 1.54) is 44.9 Å². The van der Waals surface area contributed by atoms with E-state index in [4.69, 9.17) is 28.4 Å². The SMILES string of the molecule is CC[C@H](C=C[C@@H](C)[C@H]1CC[C@H]2[C@@H]3CC=C4C[C@@H](OCCOCCOCCOC(=O)CCC(=O)OCC(=O)OCC(=O)[C@@]5(O)CC[C@H]6[C@@H]7CCC8=CC(=O)C=C[C@]8(C)[C@H]7[C@@H](O)C[C@@]65C)CC[C@]4(C)[C@H]3CC[C@]12C)C(C)C. The van der Waals surface area contributed by atoms with Gasteiger partial charge < -0.3 is 38.6 Å². The molecule has 418 valence electrons. The van der Waals surface area contributed by atoms with Crippen molar-refractivity contribution in [3.8, 4) is 0 Å². The zero-order valence-corrected chi connectivity index (χ0v) is 46.7. The topological polar surface area (TPSA) is 181 Å². The molecule has 0 heterocycles. The molecule has 6 fully saturated rings. The standard InChI is InChI=1S/C62H92O13/c1-9-41(39(2)3)11-10-40(4)48-16-17-49-46-14-12-43-35-45(21-25-58(43,5)50(46)22-26-60(48,49)7)72-32-30-70-28-29-71-31-33-73-54(66)18-19-55(67)75-38-56(68)74-37-53(65)62(69)27-23-51-47-15-13-42-34-44(63)20-24-59(42,6)57(47)52(64)36-61(51,62)8/h10-12,20,24,34,39-41,45-52,57,64,69H,9,13-19,21-23,25-33,35-38H2,1-8H3/t40-,41-,45+,46+,47+,48-,49+,50+,51+,52+,57-,58+,59+,60-,61+,62+/m1/s1. The number of hydrogen-bond acceptors (Lipinski definition) is 13. The number of allylic oxidation sites excluding steroid dienone is 7. The summed E-state index contributed by atoms with van der Waals surface area (Å²) in [6.45, 7) is 19.1. The Hall–Kier alpha value is -3.49. The Morgan fingerprint density at radius 3 is 2.17 bits per heavy atom. The Morgan fingerprint density at radius 1 is 0.747 bits per heavy atom. The summed E-state index contributed by atoms with van der Waals surface area (Å²) in [7, 11) is 0. The minimum Gasteiger partial charge on any atom is -0.463 e. The van der Waals surface area contributed by atoms with E-state index in [0.717, 1.165) is 48.5 Å². The number of ether oxygens (including phenoxy) is 6. The lowest BCUT2D eigenvalue weighted by molar-refractivity contribution is -0.182. The van der Waals surface area contributed by atoms with Crippen LogP contribution in [0, 0.1) is 80.8 Å². The fourth-order valence-corrected chi connectivity index (χ4v) is 17.3. The van der Waals surface area contributed by atoms with E-state index in [1.54, 1.807) is 17.7 Å². The van der Waals surface area contributed by atoms with Crippen molar-refractivity contribution in [2.45, 2.75) is 176 Å². The molecule has 0 aliphatic heterocycles. The Morgan fingerprint density at radius 2 is 1.44 bits per heavy atom. The number of aliphatic hydroxyl groups is 2. The summed E-state index contributed by atoms with van der Waals surface area (Å²) in [6.07, 6.45) is 25.4. The number of Topliss-reactive ketones (excluding diaryl/α,β-unsaturated/α-hetero) is 1. The third-order valence-corrected chi connectivity index (χ3v) is 21.6. The van der Waals surface area contributed by atoms with Gasteiger partial charge in [0.25, 0.3) is 0 Å². The van der Waals surface area contributed by atoms with E-state index in [2.05, 4.69) is 66.7 Å². The molecule has 8 aliphatic rings.